The maximum absolute atomic E-state index is 12.8. The van der Waals surface area contributed by atoms with Gasteiger partial charge in [-0.1, -0.05) is 11.6 Å². The summed E-state index contributed by atoms with van der Waals surface area (Å²) in [5, 5.41) is 9.55. The van der Waals surface area contributed by atoms with Crippen LogP contribution in [0.25, 0.3) is 11.7 Å². The van der Waals surface area contributed by atoms with Crippen molar-refractivity contribution in [3.8, 4) is 17.7 Å². The first-order chi connectivity index (χ1) is 13.6. The molecule has 0 unspecified atom stereocenters. The zero-order valence-electron chi connectivity index (χ0n) is 14.4. The van der Waals surface area contributed by atoms with Gasteiger partial charge in [-0.15, -0.1) is 0 Å². The number of furan rings is 1. The summed E-state index contributed by atoms with van der Waals surface area (Å²) in [5.41, 5.74) is 0.535. The molecule has 1 fully saturated rings. The number of nitriles is 1. The van der Waals surface area contributed by atoms with Gasteiger partial charge in [-0.2, -0.15) is 10.2 Å². The number of rotatable bonds is 3. The fourth-order valence-corrected chi connectivity index (χ4v) is 3.48. The summed E-state index contributed by atoms with van der Waals surface area (Å²) in [5.74, 6) is 0.895. The Morgan fingerprint density at radius 3 is 2.79 bits per heavy atom. The Morgan fingerprint density at radius 2 is 2.11 bits per heavy atom. The van der Waals surface area contributed by atoms with Gasteiger partial charge in [0, 0.05) is 36.8 Å². The summed E-state index contributed by atoms with van der Waals surface area (Å²) in [6, 6.07) is 7.14. The molecular weight excluding hydrogens is 450 g/mol. The highest BCUT2D eigenvalue weighted by Gasteiger charge is 2.28. The molecule has 1 saturated heterocycles. The fraction of sp³-hybridized carbons (Fsp3) is 0.222. The minimum absolute atomic E-state index is 0.167. The van der Waals surface area contributed by atoms with Crippen molar-refractivity contribution in [2.24, 2.45) is 0 Å². The van der Waals surface area contributed by atoms with Crippen molar-refractivity contribution in [1.82, 2.24) is 14.9 Å². The topological polar surface area (TPSA) is 99.4 Å². The predicted octanol–water partition coefficient (Wildman–Crippen LogP) is 3.58. The lowest BCUT2D eigenvalue weighted by molar-refractivity contribution is 0.0745. The average molecular weight is 463 g/mol. The number of hydrogen-bond acceptors (Lipinski definition) is 7. The van der Waals surface area contributed by atoms with E-state index >= 15 is 0 Å². The van der Waals surface area contributed by atoms with Crippen molar-refractivity contribution in [3.63, 3.8) is 0 Å². The van der Waals surface area contributed by atoms with E-state index in [9.17, 15) is 10.1 Å². The zero-order chi connectivity index (χ0) is 19.7. The standard InChI is InChI=1S/C18H13BrClN5O3/c19-11-8-12(15(20)22-10-11)17(26)24-3-5-25(6-4-24)18-13(9-21)23-16(28-18)14-2-1-7-27-14/h1-2,7-8,10H,3-6H2. The number of carbonyl (C=O) groups is 1. The van der Waals surface area contributed by atoms with Gasteiger partial charge in [-0.25, -0.2) is 4.98 Å². The number of halogens is 2. The zero-order valence-corrected chi connectivity index (χ0v) is 16.8. The van der Waals surface area contributed by atoms with Crippen LogP contribution in [-0.2, 0) is 0 Å². The number of hydrogen-bond donors (Lipinski definition) is 0. The summed E-state index contributed by atoms with van der Waals surface area (Å²) in [4.78, 5) is 24.5. The highest BCUT2D eigenvalue weighted by atomic mass is 79.9. The van der Waals surface area contributed by atoms with Crippen molar-refractivity contribution in [2.75, 3.05) is 31.1 Å². The van der Waals surface area contributed by atoms with E-state index in [1.165, 1.54) is 6.26 Å². The Kier molecular flexibility index (Phi) is 5.07. The Balaban J connectivity index is 1.49. The van der Waals surface area contributed by atoms with E-state index < -0.39 is 0 Å². The summed E-state index contributed by atoms with van der Waals surface area (Å²) in [7, 11) is 0. The first kappa shape index (κ1) is 18.5. The van der Waals surface area contributed by atoms with Crippen molar-refractivity contribution >= 4 is 39.3 Å². The van der Waals surface area contributed by atoms with E-state index in [0.717, 1.165) is 0 Å². The molecule has 0 radical (unpaired) electrons. The van der Waals surface area contributed by atoms with E-state index in [-0.39, 0.29) is 22.6 Å². The maximum atomic E-state index is 12.8. The van der Waals surface area contributed by atoms with Crippen LogP contribution in [0.4, 0.5) is 5.88 Å². The number of carbonyl (C=O) groups excluding carboxylic acids is 1. The molecule has 142 valence electrons. The van der Waals surface area contributed by atoms with E-state index in [2.05, 4.69) is 25.9 Å². The second-order valence-corrected chi connectivity index (χ2v) is 7.31. The SMILES string of the molecule is N#Cc1nc(-c2ccco2)oc1N1CCN(C(=O)c2cc(Br)cnc2Cl)CC1. The summed E-state index contributed by atoms with van der Waals surface area (Å²) < 4.78 is 11.7. The van der Waals surface area contributed by atoms with Crippen LogP contribution in [0.15, 0.2) is 44.0 Å². The monoisotopic (exact) mass is 461 g/mol. The van der Waals surface area contributed by atoms with Crippen LogP contribution >= 0.6 is 27.5 Å². The van der Waals surface area contributed by atoms with Gasteiger partial charge in [0.25, 0.3) is 11.8 Å². The lowest BCUT2D eigenvalue weighted by Crippen LogP contribution is -2.49. The van der Waals surface area contributed by atoms with Crippen LogP contribution in [0.1, 0.15) is 16.1 Å². The number of pyridine rings is 1. The van der Waals surface area contributed by atoms with Gasteiger partial charge >= 0.3 is 0 Å². The van der Waals surface area contributed by atoms with Crippen LogP contribution in [0.2, 0.25) is 5.15 Å². The van der Waals surface area contributed by atoms with Gasteiger partial charge in [-0.3, -0.25) is 4.79 Å². The molecule has 0 aliphatic carbocycles. The molecular formula is C18H13BrClN5O3. The maximum Gasteiger partial charge on any atom is 0.266 e. The quantitative estimate of drug-likeness (QED) is 0.548. The van der Waals surface area contributed by atoms with Gasteiger partial charge in [0.2, 0.25) is 11.6 Å². The summed E-state index contributed by atoms with van der Waals surface area (Å²) >= 11 is 9.37. The fourth-order valence-electron chi connectivity index (χ4n) is 2.96. The molecule has 4 rings (SSSR count). The Bertz CT molecular complexity index is 1050. The second-order valence-electron chi connectivity index (χ2n) is 6.03. The molecule has 0 saturated carbocycles. The van der Waals surface area contributed by atoms with Gasteiger partial charge in [0.1, 0.15) is 11.2 Å². The first-order valence-electron chi connectivity index (χ1n) is 8.37. The minimum Gasteiger partial charge on any atom is -0.459 e. The highest BCUT2D eigenvalue weighted by Crippen LogP contribution is 2.29. The highest BCUT2D eigenvalue weighted by molar-refractivity contribution is 9.10. The van der Waals surface area contributed by atoms with E-state index in [1.54, 1.807) is 29.3 Å². The number of aromatic nitrogens is 2. The summed E-state index contributed by atoms with van der Waals surface area (Å²) in [6.45, 7) is 1.88. The average Bonchev–Trinajstić information content (AvgIpc) is 3.39. The number of anilines is 1. The van der Waals surface area contributed by atoms with Gasteiger partial charge in [0.15, 0.2) is 5.76 Å². The third-order valence-electron chi connectivity index (χ3n) is 4.34. The van der Waals surface area contributed by atoms with Crippen molar-refractivity contribution in [1.29, 1.82) is 5.26 Å². The minimum atomic E-state index is -0.187. The van der Waals surface area contributed by atoms with E-state index in [0.29, 0.717) is 47.9 Å². The predicted molar refractivity (Wildman–Crippen MR) is 104 cm³/mol. The van der Waals surface area contributed by atoms with Crippen LogP contribution in [0.3, 0.4) is 0 Å². The van der Waals surface area contributed by atoms with E-state index in [4.69, 9.17) is 20.4 Å². The van der Waals surface area contributed by atoms with E-state index in [1.807, 2.05) is 11.0 Å². The summed E-state index contributed by atoms with van der Waals surface area (Å²) in [6.07, 6.45) is 3.05. The van der Waals surface area contributed by atoms with Crippen LogP contribution in [0.5, 0.6) is 0 Å². The molecule has 10 heteroatoms. The Morgan fingerprint density at radius 1 is 1.32 bits per heavy atom. The third-order valence-corrected chi connectivity index (χ3v) is 5.07. The number of amides is 1. The molecule has 1 aliphatic heterocycles. The lowest BCUT2D eigenvalue weighted by Gasteiger charge is -2.34. The smallest absolute Gasteiger partial charge is 0.266 e. The third kappa shape index (κ3) is 3.48. The van der Waals surface area contributed by atoms with Crippen LogP contribution < -0.4 is 4.90 Å². The van der Waals surface area contributed by atoms with Crippen molar-refractivity contribution in [3.05, 3.63) is 51.5 Å². The molecule has 0 spiro atoms. The molecule has 28 heavy (non-hydrogen) atoms. The van der Waals surface area contributed by atoms with Gasteiger partial charge in [-0.05, 0) is 34.1 Å². The molecule has 3 aromatic rings. The van der Waals surface area contributed by atoms with Crippen LogP contribution in [-0.4, -0.2) is 47.0 Å². The molecule has 8 nitrogen and oxygen atoms in total. The number of nitrogens with zero attached hydrogens (tertiary/aromatic N) is 5. The van der Waals surface area contributed by atoms with Crippen molar-refractivity contribution < 1.29 is 13.6 Å². The Hall–Kier alpha value is -2.83. The molecule has 0 bridgehead atoms. The number of piperazine rings is 1. The molecule has 4 heterocycles. The molecule has 0 N–H and O–H groups in total. The molecule has 0 atom stereocenters. The Labute approximate surface area is 173 Å². The second kappa shape index (κ2) is 7.66. The van der Waals surface area contributed by atoms with Crippen LogP contribution in [0, 0.1) is 11.3 Å². The largest absolute Gasteiger partial charge is 0.459 e. The van der Waals surface area contributed by atoms with Crippen molar-refractivity contribution in [2.45, 2.75) is 0 Å². The van der Waals surface area contributed by atoms with Gasteiger partial charge < -0.3 is 18.6 Å². The number of oxazole rings is 1. The molecule has 0 aromatic carbocycles. The first-order valence-corrected chi connectivity index (χ1v) is 9.54. The lowest BCUT2D eigenvalue weighted by atomic mass is 10.2. The molecule has 3 aromatic heterocycles. The normalized spacial score (nSPS) is 14.2. The molecule has 1 amide bonds. The molecule has 1 aliphatic rings. The van der Waals surface area contributed by atoms with Gasteiger partial charge in [0.05, 0.1) is 11.8 Å².